The van der Waals surface area contributed by atoms with Gasteiger partial charge in [0, 0.05) is 25.4 Å². The minimum Gasteiger partial charge on any atom is -0.491 e. The van der Waals surface area contributed by atoms with Crippen molar-refractivity contribution in [3.8, 4) is 5.75 Å². The summed E-state index contributed by atoms with van der Waals surface area (Å²) in [7, 11) is 1.87. The Bertz CT molecular complexity index is 877. The average molecular weight is 379 g/mol. The summed E-state index contributed by atoms with van der Waals surface area (Å²) in [5.41, 5.74) is 2.83. The molecule has 1 N–H and O–H groups in total. The molecular weight excluding hydrogens is 354 g/mol. The van der Waals surface area contributed by atoms with Crippen molar-refractivity contribution in [1.29, 1.82) is 0 Å². The van der Waals surface area contributed by atoms with Crippen LogP contribution in [0.15, 0.2) is 67.0 Å². The topological polar surface area (TPSA) is 65.4 Å². The minimum absolute atomic E-state index is 0.0156. The maximum absolute atomic E-state index is 12.2. The van der Waals surface area contributed by atoms with Gasteiger partial charge in [0.25, 0.3) is 0 Å². The van der Waals surface area contributed by atoms with Gasteiger partial charge >= 0.3 is 0 Å². The highest BCUT2D eigenvalue weighted by Crippen LogP contribution is 2.13. The van der Waals surface area contributed by atoms with Crippen LogP contribution in [0, 0.1) is 0 Å². The van der Waals surface area contributed by atoms with Crippen LogP contribution in [0.25, 0.3) is 0 Å². The first kappa shape index (κ1) is 19.6. The van der Waals surface area contributed by atoms with Crippen LogP contribution in [-0.2, 0) is 29.6 Å². The number of hydrogen-bond donors (Lipinski definition) is 1. The van der Waals surface area contributed by atoms with Gasteiger partial charge in [0.15, 0.2) is 0 Å². The van der Waals surface area contributed by atoms with Crippen molar-refractivity contribution in [2.75, 3.05) is 18.5 Å². The van der Waals surface area contributed by atoms with Crippen molar-refractivity contribution >= 4 is 11.6 Å². The van der Waals surface area contributed by atoms with Crippen molar-refractivity contribution in [2.24, 2.45) is 7.05 Å². The van der Waals surface area contributed by atoms with E-state index in [1.54, 1.807) is 10.9 Å². The number of benzene rings is 2. The van der Waals surface area contributed by atoms with Gasteiger partial charge in [-0.3, -0.25) is 9.48 Å². The number of rotatable bonds is 10. The van der Waals surface area contributed by atoms with Gasteiger partial charge in [-0.05, 0) is 41.8 Å². The van der Waals surface area contributed by atoms with E-state index in [2.05, 4.69) is 10.4 Å². The molecule has 2 aromatic carbocycles. The maximum Gasteiger partial charge on any atom is 0.224 e. The predicted molar refractivity (Wildman–Crippen MR) is 108 cm³/mol. The van der Waals surface area contributed by atoms with Crippen molar-refractivity contribution in [2.45, 2.75) is 19.4 Å². The SMILES string of the molecule is Cn1cc(CCC(=O)Nc2cccc(COCCOc3ccccc3)c2)cn1. The van der Waals surface area contributed by atoms with Gasteiger partial charge in [-0.25, -0.2) is 0 Å². The van der Waals surface area contributed by atoms with Crippen LogP contribution in [0.3, 0.4) is 0 Å². The molecule has 1 aromatic heterocycles. The number of carbonyl (C=O) groups excluding carboxylic acids is 1. The van der Waals surface area contributed by atoms with Crippen molar-refractivity contribution in [3.63, 3.8) is 0 Å². The average Bonchev–Trinajstić information content (AvgIpc) is 3.12. The standard InChI is InChI=1S/C22H25N3O3/c1-25-16-19(15-23-25)10-11-22(26)24-20-7-5-6-18(14-20)17-27-12-13-28-21-8-3-2-4-9-21/h2-9,14-16H,10-13,17H2,1H3,(H,24,26). The first-order valence-electron chi connectivity index (χ1n) is 9.31. The zero-order valence-corrected chi connectivity index (χ0v) is 16.0. The maximum atomic E-state index is 12.2. The van der Waals surface area contributed by atoms with E-state index < -0.39 is 0 Å². The summed E-state index contributed by atoms with van der Waals surface area (Å²) >= 11 is 0. The molecule has 0 aliphatic heterocycles. The lowest BCUT2D eigenvalue weighted by atomic mass is 10.2. The van der Waals surface area contributed by atoms with Gasteiger partial charge in [0.1, 0.15) is 12.4 Å². The zero-order valence-electron chi connectivity index (χ0n) is 16.0. The van der Waals surface area contributed by atoms with Crippen LogP contribution >= 0.6 is 0 Å². The Kier molecular flexibility index (Phi) is 7.21. The van der Waals surface area contributed by atoms with Gasteiger partial charge in [-0.15, -0.1) is 0 Å². The van der Waals surface area contributed by atoms with Crippen molar-refractivity contribution in [3.05, 3.63) is 78.1 Å². The van der Waals surface area contributed by atoms with E-state index in [1.807, 2.05) is 67.8 Å². The lowest BCUT2D eigenvalue weighted by molar-refractivity contribution is -0.116. The molecule has 6 nitrogen and oxygen atoms in total. The lowest BCUT2D eigenvalue weighted by Gasteiger charge is -2.09. The van der Waals surface area contributed by atoms with Gasteiger partial charge < -0.3 is 14.8 Å². The van der Waals surface area contributed by atoms with E-state index in [0.29, 0.717) is 32.7 Å². The number of amides is 1. The molecule has 0 unspecified atom stereocenters. The Morgan fingerprint density at radius 3 is 2.71 bits per heavy atom. The number of ether oxygens (including phenoxy) is 2. The lowest BCUT2D eigenvalue weighted by Crippen LogP contribution is -2.12. The summed E-state index contributed by atoms with van der Waals surface area (Å²) in [6.45, 7) is 1.46. The van der Waals surface area contributed by atoms with Crippen LogP contribution in [0.1, 0.15) is 17.5 Å². The highest BCUT2D eigenvalue weighted by molar-refractivity contribution is 5.90. The van der Waals surface area contributed by atoms with Crippen molar-refractivity contribution in [1.82, 2.24) is 9.78 Å². The molecule has 146 valence electrons. The number of carbonyl (C=O) groups is 1. The molecule has 0 saturated heterocycles. The number of aryl methyl sites for hydroxylation is 2. The molecule has 0 fully saturated rings. The molecule has 0 atom stereocenters. The summed E-state index contributed by atoms with van der Waals surface area (Å²) in [5, 5.41) is 7.05. The Labute approximate surface area is 165 Å². The van der Waals surface area contributed by atoms with Crippen LogP contribution in [0.4, 0.5) is 5.69 Å². The fourth-order valence-electron chi connectivity index (χ4n) is 2.75. The molecule has 1 heterocycles. The molecule has 0 aliphatic rings. The number of aromatic nitrogens is 2. The number of nitrogens with one attached hydrogen (secondary N) is 1. The first-order chi connectivity index (χ1) is 13.7. The third kappa shape index (κ3) is 6.55. The number of anilines is 1. The minimum atomic E-state index is -0.0156. The normalized spacial score (nSPS) is 10.6. The molecule has 6 heteroatoms. The molecule has 3 aromatic rings. The fourth-order valence-corrected chi connectivity index (χ4v) is 2.75. The smallest absolute Gasteiger partial charge is 0.224 e. The molecule has 0 bridgehead atoms. The van der Waals surface area contributed by atoms with E-state index in [-0.39, 0.29) is 5.91 Å². The summed E-state index contributed by atoms with van der Waals surface area (Å²) in [6, 6.07) is 17.4. The molecule has 0 aliphatic carbocycles. The fraction of sp³-hybridized carbons (Fsp3) is 0.273. The predicted octanol–water partition coefficient (Wildman–Crippen LogP) is 3.59. The second kappa shape index (κ2) is 10.3. The van der Waals surface area contributed by atoms with Gasteiger partial charge in [-0.2, -0.15) is 5.10 Å². The Morgan fingerprint density at radius 2 is 1.93 bits per heavy atom. The van der Waals surface area contributed by atoms with E-state index in [4.69, 9.17) is 9.47 Å². The Hall–Kier alpha value is -3.12. The third-order valence-electron chi connectivity index (χ3n) is 4.12. The summed E-state index contributed by atoms with van der Waals surface area (Å²) in [5.74, 6) is 0.820. The van der Waals surface area contributed by atoms with Crippen LogP contribution < -0.4 is 10.1 Å². The van der Waals surface area contributed by atoms with E-state index >= 15 is 0 Å². The van der Waals surface area contributed by atoms with Crippen LogP contribution in [0.5, 0.6) is 5.75 Å². The highest BCUT2D eigenvalue weighted by atomic mass is 16.5. The Balaban J connectivity index is 1.37. The van der Waals surface area contributed by atoms with Crippen molar-refractivity contribution < 1.29 is 14.3 Å². The molecule has 0 spiro atoms. The monoisotopic (exact) mass is 379 g/mol. The first-order valence-corrected chi connectivity index (χ1v) is 9.31. The molecule has 3 rings (SSSR count). The Morgan fingerprint density at radius 1 is 1.07 bits per heavy atom. The van der Waals surface area contributed by atoms with Crippen LogP contribution in [0.2, 0.25) is 0 Å². The highest BCUT2D eigenvalue weighted by Gasteiger charge is 2.05. The largest absolute Gasteiger partial charge is 0.491 e. The van der Waals surface area contributed by atoms with E-state index in [1.165, 1.54) is 0 Å². The molecule has 1 amide bonds. The third-order valence-corrected chi connectivity index (χ3v) is 4.12. The second-order valence-electron chi connectivity index (χ2n) is 6.48. The summed E-state index contributed by atoms with van der Waals surface area (Å²) in [6.07, 6.45) is 4.80. The number of nitrogens with zero attached hydrogens (tertiary/aromatic N) is 2. The van der Waals surface area contributed by atoms with Gasteiger partial charge in [0.05, 0.1) is 19.4 Å². The summed E-state index contributed by atoms with van der Waals surface area (Å²) in [4.78, 5) is 12.2. The quantitative estimate of drug-likeness (QED) is 0.547. The van der Waals surface area contributed by atoms with Crippen LogP contribution in [-0.4, -0.2) is 28.9 Å². The summed E-state index contributed by atoms with van der Waals surface area (Å²) < 4.78 is 13.0. The van der Waals surface area contributed by atoms with Gasteiger partial charge in [0.2, 0.25) is 5.91 Å². The van der Waals surface area contributed by atoms with Gasteiger partial charge in [-0.1, -0.05) is 30.3 Å². The molecule has 28 heavy (non-hydrogen) atoms. The zero-order chi connectivity index (χ0) is 19.6. The molecular formula is C22H25N3O3. The van der Waals surface area contributed by atoms with E-state index in [9.17, 15) is 4.79 Å². The number of para-hydroxylation sites is 1. The number of hydrogen-bond acceptors (Lipinski definition) is 4. The van der Waals surface area contributed by atoms with E-state index in [0.717, 1.165) is 22.6 Å². The molecule has 0 radical (unpaired) electrons. The molecule has 0 saturated carbocycles. The second-order valence-corrected chi connectivity index (χ2v) is 6.48.